The highest BCUT2D eigenvalue weighted by Gasteiger charge is 2.48. The lowest BCUT2D eigenvalue weighted by molar-refractivity contribution is -0.143. The molecule has 0 aromatic heterocycles. The summed E-state index contributed by atoms with van der Waals surface area (Å²) in [5.74, 6) is -0.426. The zero-order valence-electron chi connectivity index (χ0n) is 11.9. The van der Waals surface area contributed by atoms with Crippen LogP contribution in [0, 0.1) is 0 Å². The van der Waals surface area contributed by atoms with E-state index in [9.17, 15) is 9.59 Å². The number of ketones is 1. The van der Waals surface area contributed by atoms with Gasteiger partial charge in [0.05, 0.1) is 6.42 Å². The molecule has 0 unspecified atom stereocenters. The number of rotatable bonds is 1. The molecule has 0 saturated carbocycles. The zero-order chi connectivity index (χ0) is 15.2. The molecule has 1 fully saturated rings. The van der Waals surface area contributed by atoms with Gasteiger partial charge in [-0.25, -0.2) is 0 Å². The third-order valence-corrected chi connectivity index (χ3v) is 4.30. The van der Waals surface area contributed by atoms with Gasteiger partial charge in [0.2, 0.25) is 5.78 Å². The number of esters is 1. The third-order valence-electron chi connectivity index (χ3n) is 4.30. The lowest BCUT2D eigenvalue weighted by Gasteiger charge is -2.30. The van der Waals surface area contributed by atoms with Gasteiger partial charge in [-0.05, 0) is 22.8 Å². The number of hydrogen-bond acceptors (Lipinski definition) is 3. The van der Waals surface area contributed by atoms with Crippen LogP contribution in [-0.4, -0.2) is 17.4 Å². The van der Waals surface area contributed by atoms with Crippen LogP contribution in [0.3, 0.4) is 0 Å². The van der Waals surface area contributed by atoms with Crippen molar-refractivity contribution in [3.05, 3.63) is 77.4 Å². The maximum atomic E-state index is 12.8. The van der Waals surface area contributed by atoms with E-state index in [1.165, 1.54) is 0 Å². The SMILES string of the molecule is O=C1CC[C@@]2(C=C(c3ccccc3)c3ccccc3C2=O)O1. The molecule has 0 radical (unpaired) electrons. The molecule has 4 rings (SSSR count). The first-order valence-corrected chi connectivity index (χ1v) is 7.34. The van der Waals surface area contributed by atoms with Crippen LogP contribution in [0.2, 0.25) is 0 Å². The van der Waals surface area contributed by atoms with Crippen molar-refractivity contribution < 1.29 is 14.3 Å². The van der Waals surface area contributed by atoms with Gasteiger partial charge in [0.15, 0.2) is 5.60 Å². The van der Waals surface area contributed by atoms with E-state index in [2.05, 4.69) is 0 Å². The predicted molar refractivity (Wildman–Crippen MR) is 82.4 cm³/mol. The van der Waals surface area contributed by atoms with Crippen LogP contribution >= 0.6 is 0 Å². The van der Waals surface area contributed by atoms with Crippen LogP contribution < -0.4 is 0 Å². The monoisotopic (exact) mass is 290 g/mol. The van der Waals surface area contributed by atoms with E-state index in [4.69, 9.17) is 4.74 Å². The van der Waals surface area contributed by atoms with Crippen LogP contribution in [0.1, 0.15) is 34.3 Å². The van der Waals surface area contributed by atoms with Gasteiger partial charge in [0, 0.05) is 12.0 Å². The largest absolute Gasteiger partial charge is 0.446 e. The number of fused-ring (bicyclic) bond motifs is 1. The second kappa shape index (κ2) is 4.67. The highest BCUT2D eigenvalue weighted by atomic mass is 16.6. The molecule has 2 aromatic carbocycles. The molecule has 1 aliphatic carbocycles. The predicted octanol–water partition coefficient (Wildman–Crippen LogP) is 3.39. The van der Waals surface area contributed by atoms with Gasteiger partial charge >= 0.3 is 5.97 Å². The van der Waals surface area contributed by atoms with Crippen molar-refractivity contribution in [3.63, 3.8) is 0 Å². The van der Waals surface area contributed by atoms with E-state index >= 15 is 0 Å². The second-order valence-corrected chi connectivity index (χ2v) is 5.66. The van der Waals surface area contributed by atoms with Gasteiger partial charge in [-0.3, -0.25) is 9.59 Å². The lowest BCUT2D eigenvalue weighted by atomic mass is 9.77. The molecule has 2 aromatic rings. The molecule has 3 heteroatoms. The van der Waals surface area contributed by atoms with Gasteiger partial charge in [-0.2, -0.15) is 0 Å². The number of benzene rings is 2. The Morgan fingerprint density at radius 2 is 1.55 bits per heavy atom. The summed E-state index contributed by atoms with van der Waals surface area (Å²) in [5, 5.41) is 0. The maximum absolute atomic E-state index is 12.8. The summed E-state index contributed by atoms with van der Waals surface area (Å²) in [6.45, 7) is 0. The van der Waals surface area contributed by atoms with Gasteiger partial charge in [0.1, 0.15) is 0 Å². The summed E-state index contributed by atoms with van der Waals surface area (Å²) < 4.78 is 5.45. The zero-order valence-corrected chi connectivity index (χ0v) is 11.9. The molecule has 1 heterocycles. The number of Topliss-reactive ketones (excluding diaryl/α,β-unsaturated/α-hetero) is 1. The van der Waals surface area contributed by atoms with Crippen molar-refractivity contribution in [2.75, 3.05) is 0 Å². The van der Waals surface area contributed by atoms with Crippen LogP contribution in [0.25, 0.3) is 5.57 Å². The van der Waals surface area contributed by atoms with Crippen LogP contribution in [-0.2, 0) is 9.53 Å². The quantitative estimate of drug-likeness (QED) is 0.756. The summed E-state index contributed by atoms with van der Waals surface area (Å²) in [4.78, 5) is 24.5. The second-order valence-electron chi connectivity index (χ2n) is 5.66. The standard InChI is InChI=1S/C19H14O3/c20-17-10-11-19(22-17)12-16(13-6-2-1-3-7-13)14-8-4-5-9-15(14)18(19)21/h1-9,12H,10-11H2/t19-/m0/s1. The molecule has 1 aliphatic heterocycles. The maximum Gasteiger partial charge on any atom is 0.307 e. The first-order chi connectivity index (χ1) is 10.7. The molecule has 22 heavy (non-hydrogen) atoms. The molecular weight excluding hydrogens is 276 g/mol. The molecular formula is C19H14O3. The van der Waals surface area contributed by atoms with Crippen molar-refractivity contribution in [2.24, 2.45) is 0 Å². The Hall–Kier alpha value is -2.68. The molecule has 1 atom stereocenters. The molecule has 1 spiro atoms. The van der Waals surface area contributed by atoms with Crippen molar-refractivity contribution in [1.29, 1.82) is 0 Å². The smallest absolute Gasteiger partial charge is 0.307 e. The Bertz CT molecular complexity index is 804. The Morgan fingerprint density at radius 3 is 2.23 bits per heavy atom. The van der Waals surface area contributed by atoms with E-state index in [-0.39, 0.29) is 18.2 Å². The number of ether oxygens (including phenoxy) is 1. The molecule has 0 amide bonds. The molecule has 108 valence electrons. The lowest BCUT2D eigenvalue weighted by Crippen LogP contribution is -2.39. The van der Waals surface area contributed by atoms with Crippen molar-refractivity contribution in [1.82, 2.24) is 0 Å². The summed E-state index contributed by atoms with van der Waals surface area (Å²) in [6, 6.07) is 17.4. The Balaban J connectivity index is 1.96. The van der Waals surface area contributed by atoms with Gasteiger partial charge in [0.25, 0.3) is 0 Å². The average molecular weight is 290 g/mol. The topological polar surface area (TPSA) is 43.4 Å². The molecule has 2 aliphatic rings. The van der Waals surface area contributed by atoms with Gasteiger partial charge < -0.3 is 4.74 Å². The minimum atomic E-state index is -1.13. The van der Waals surface area contributed by atoms with Gasteiger partial charge in [-0.15, -0.1) is 0 Å². The van der Waals surface area contributed by atoms with Gasteiger partial charge in [-0.1, -0.05) is 54.6 Å². The van der Waals surface area contributed by atoms with Crippen LogP contribution in [0.4, 0.5) is 0 Å². The molecule has 1 saturated heterocycles. The summed E-state index contributed by atoms with van der Waals surface area (Å²) in [5.41, 5.74) is 2.36. The molecule has 0 N–H and O–H groups in total. The third kappa shape index (κ3) is 1.82. The first kappa shape index (κ1) is 13.0. The minimum Gasteiger partial charge on any atom is -0.446 e. The Morgan fingerprint density at radius 1 is 0.864 bits per heavy atom. The van der Waals surface area contributed by atoms with E-state index in [0.717, 1.165) is 16.7 Å². The molecule has 0 bridgehead atoms. The van der Waals surface area contributed by atoms with E-state index in [1.54, 1.807) is 0 Å². The minimum absolute atomic E-state index is 0.117. The fraction of sp³-hybridized carbons (Fsp3) is 0.158. The van der Waals surface area contributed by atoms with Crippen LogP contribution in [0.15, 0.2) is 60.7 Å². The number of hydrogen-bond donors (Lipinski definition) is 0. The average Bonchev–Trinajstić information content (AvgIpc) is 2.94. The molecule has 3 nitrogen and oxygen atoms in total. The Kier molecular flexibility index (Phi) is 2.76. The summed E-state index contributed by atoms with van der Waals surface area (Å²) in [6.07, 6.45) is 2.53. The van der Waals surface area contributed by atoms with Crippen molar-refractivity contribution >= 4 is 17.3 Å². The number of carbonyl (C=O) groups excluding carboxylic acids is 2. The van der Waals surface area contributed by atoms with Crippen molar-refractivity contribution in [2.45, 2.75) is 18.4 Å². The highest BCUT2D eigenvalue weighted by Crippen LogP contribution is 2.42. The highest BCUT2D eigenvalue weighted by molar-refractivity contribution is 6.13. The summed E-state index contributed by atoms with van der Waals surface area (Å²) >= 11 is 0. The fourth-order valence-corrected chi connectivity index (χ4v) is 3.23. The van der Waals surface area contributed by atoms with Crippen molar-refractivity contribution in [3.8, 4) is 0 Å². The summed E-state index contributed by atoms with van der Waals surface area (Å²) in [7, 11) is 0. The van der Waals surface area contributed by atoms with E-state index in [1.807, 2.05) is 60.7 Å². The fourth-order valence-electron chi connectivity index (χ4n) is 3.23. The number of carbonyl (C=O) groups is 2. The van der Waals surface area contributed by atoms with E-state index < -0.39 is 5.60 Å². The van der Waals surface area contributed by atoms with Crippen LogP contribution in [0.5, 0.6) is 0 Å². The normalized spacial score (nSPS) is 23.2. The first-order valence-electron chi connectivity index (χ1n) is 7.34. The Labute approximate surface area is 128 Å². The van der Waals surface area contributed by atoms with E-state index in [0.29, 0.717) is 12.0 Å².